The molecule has 156 valence electrons. The number of hydrogen-bond acceptors (Lipinski definition) is 4. The number of likely N-dealkylation sites (N-methyl/N-ethyl adjacent to an activating group) is 1. The zero-order chi connectivity index (χ0) is 21.2. The van der Waals surface area contributed by atoms with Crippen molar-refractivity contribution in [3.05, 3.63) is 95.8 Å². The summed E-state index contributed by atoms with van der Waals surface area (Å²) < 4.78 is 1.88. The van der Waals surface area contributed by atoms with E-state index in [1.165, 1.54) is 0 Å². The van der Waals surface area contributed by atoms with E-state index < -0.39 is 0 Å². The van der Waals surface area contributed by atoms with E-state index in [1.54, 1.807) is 12.4 Å². The Hall–Kier alpha value is -3.51. The number of rotatable bonds is 4. The normalized spacial score (nSPS) is 17.2. The molecular weight excluding hydrogens is 386 g/mol. The number of fused-ring (bicyclic) bond motifs is 1. The lowest BCUT2D eigenvalue weighted by Gasteiger charge is -2.40. The summed E-state index contributed by atoms with van der Waals surface area (Å²) in [7, 11) is 2.10. The highest BCUT2D eigenvalue weighted by Crippen LogP contribution is 2.27. The Labute approximate surface area is 181 Å². The van der Waals surface area contributed by atoms with Gasteiger partial charge in [0.05, 0.1) is 24.3 Å². The molecule has 0 spiro atoms. The summed E-state index contributed by atoms with van der Waals surface area (Å²) >= 11 is 0. The van der Waals surface area contributed by atoms with Crippen LogP contribution in [0.4, 0.5) is 0 Å². The van der Waals surface area contributed by atoms with Gasteiger partial charge in [-0.1, -0.05) is 60.7 Å². The zero-order valence-electron chi connectivity index (χ0n) is 17.6. The van der Waals surface area contributed by atoms with Crippen LogP contribution < -0.4 is 0 Å². The average molecular weight is 412 g/mol. The highest BCUT2D eigenvalue weighted by Gasteiger charge is 2.31. The van der Waals surface area contributed by atoms with Gasteiger partial charge in [-0.3, -0.25) is 4.79 Å². The number of carbonyl (C=O) groups excluding carboxylic acids is 1. The molecule has 1 aliphatic rings. The first-order valence-corrected chi connectivity index (χ1v) is 10.6. The fourth-order valence-electron chi connectivity index (χ4n) is 4.25. The van der Waals surface area contributed by atoms with Crippen molar-refractivity contribution < 1.29 is 4.79 Å². The molecule has 1 fully saturated rings. The third-order valence-corrected chi connectivity index (χ3v) is 5.93. The molecule has 31 heavy (non-hydrogen) atoms. The van der Waals surface area contributed by atoms with E-state index in [0.717, 1.165) is 35.2 Å². The van der Waals surface area contributed by atoms with Gasteiger partial charge in [-0.15, -0.1) is 0 Å². The van der Waals surface area contributed by atoms with Gasteiger partial charge in [0, 0.05) is 31.2 Å². The highest BCUT2D eigenvalue weighted by molar-refractivity contribution is 5.97. The Morgan fingerprint density at radius 2 is 1.74 bits per heavy atom. The molecule has 1 unspecified atom stereocenters. The standard InChI is InChI=1S/C25H25N5O/c1-28-12-13-29(23(18-28)20-10-6-3-7-11-20)25(31)22-14-21-16-27-30(24(21)26-15-22)17-19-8-4-2-5-9-19/h2-11,14-16,23H,12-13,17-18H2,1H3. The van der Waals surface area contributed by atoms with Gasteiger partial charge in [0.15, 0.2) is 5.65 Å². The lowest BCUT2D eigenvalue weighted by Crippen LogP contribution is -2.49. The minimum Gasteiger partial charge on any atom is -0.329 e. The number of piperazine rings is 1. The first-order valence-electron chi connectivity index (χ1n) is 10.6. The van der Waals surface area contributed by atoms with E-state index in [9.17, 15) is 4.79 Å². The number of pyridine rings is 1. The van der Waals surface area contributed by atoms with Crippen molar-refractivity contribution in [3.63, 3.8) is 0 Å². The van der Waals surface area contributed by atoms with E-state index in [0.29, 0.717) is 18.7 Å². The topological polar surface area (TPSA) is 54.3 Å². The third-order valence-electron chi connectivity index (χ3n) is 5.93. The second kappa shape index (κ2) is 8.32. The molecule has 6 nitrogen and oxygen atoms in total. The van der Waals surface area contributed by atoms with Gasteiger partial charge in [-0.05, 0) is 24.2 Å². The van der Waals surface area contributed by atoms with Crippen LogP contribution in [-0.2, 0) is 6.54 Å². The van der Waals surface area contributed by atoms with Crippen LogP contribution in [0.15, 0.2) is 79.1 Å². The Morgan fingerprint density at radius 3 is 2.52 bits per heavy atom. The molecule has 0 aliphatic carbocycles. The molecule has 1 saturated heterocycles. The maximum Gasteiger partial charge on any atom is 0.256 e. The van der Waals surface area contributed by atoms with Crippen LogP contribution in [0.3, 0.4) is 0 Å². The van der Waals surface area contributed by atoms with Crippen molar-refractivity contribution in [2.45, 2.75) is 12.6 Å². The molecule has 6 heteroatoms. The smallest absolute Gasteiger partial charge is 0.256 e. The van der Waals surface area contributed by atoms with E-state index >= 15 is 0 Å². The predicted octanol–water partition coefficient (Wildman–Crippen LogP) is 3.61. The lowest BCUT2D eigenvalue weighted by atomic mass is 10.0. The van der Waals surface area contributed by atoms with E-state index in [1.807, 2.05) is 52.0 Å². The molecule has 1 amide bonds. The van der Waals surface area contributed by atoms with Crippen molar-refractivity contribution in [3.8, 4) is 0 Å². The molecule has 2 aromatic heterocycles. The molecule has 1 aliphatic heterocycles. The fraction of sp³-hybridized carbons (Fsp3) is 0.240. The van der Waals surface area contributed by atoms with Gasteiger partial charge in [0.25, 0.3) is 5.91 Å². The summed E-state index contributed by atoms with van der Waals surface area (Å²) in [5.74, 6) is 0.0205. The van der Waals surface area contributed by atoms with Crippen molar-refractivity contribution in [1.82, 2.24) is 24.6 Å². The van der Waals surface area contributed by atoms with Crippen LogP contribution in [0.2, 0.25) is 0 Å². The minimum atomic E-state index is 0.0205. The van der Waals surface area contributed by atoms with Gasteiger partial charge < -0.3 is 9.80 Å². The SMILES string of the molecule is CN1CCN(C(=O)c2cnc3c(cnn3Cc3ccccc3)c2)C(c2ccccc2)C1. The van der Waals surface area contributed by atoms with Crippen LogP contribution in [0.25, 0.3) is 11.0 Å². The van der Waals surface area contributed by atoms with Crippen molar-refractivity contribution >= 4 is 16.9 Å². The minimum absolute atomic E-state index is 0.0205. The summed E-state index contributed by atoms with van der Waals surface area (Å²) in [6.45, 7) is 3.03. The summed E-state index contributed by atoms with van der Waals surface area (Å²) in [6.07, 6.45) is 3.48. The van der Waals surface area contributed by atoms with E-state index in [4.69, 9.17) is 0 Å². The monoisotopic (exact) mass is 411 g/mol. The van der Waals surface area contributed by atoms with E-state index in [-0.39, 0.29) is 11.9 Å². The molecule has 3 heterocycles. The van der Waals surface area contributed by atoms with Crippen LogP contribution in [0, 0.1) is 0 Å². The third kappa shape index (κ3) is 3.94. The largest absolute Gasteiger partial charge is 0.329 e. The predicted molar refractivity (Wildman–Crippen MR) is 121 cm³/mol. The summed E-state index contributed by atoms with van der Waals surface area (Å²) in [4.78, 5) is 22.3. The number of carbonyl (C=O) groups is 1. The van der Waals surface area contributed by atoms with Crippen LogP contribution in [-0.4, -0.2) is 57.2 Å². The van der Waals surface area contributed by atoms with Gasteiger partial charge in [-0.2, -0.15) is 5.10 Å². The van der Waals surface area contributed by atoms with Crippen molar-refractivity contribution in [2.75, 3.05) is 26.7 Å². The molecule has 0 saturated carbocycles. The molecular formula is C25H25N5O. The van der Waals surface area contributed by atoms with Crippen LogP contribution >= 0.6 is 0 Å². The molecule has 0 radical (unpaired) electrons. The number of aromatic nitrogens is 3. The lowest BCUT2D eigenvalue weighted by molar-refractivity contribution is 0.0498. The summed E-state index contributed by atoms with van der Waals surface area (Å²) in [5, 5.41) is 5.38. The summed E-state index contributed by atoms with van der Waals surface area (Å²) in [6, 6.07) is 22.4. The Morgan fingerprint density at radius 1 is 1.00 bits per heavy atom. The van der Waals surface area contributed by atoms with Gasteiger partial charge in [-0.25, -0.2) is 9.67 Å². The van der Waals surface area contributed by atoms with Gasteiger partial charge >= 0.3 is 0 Å². The van der Waals surface area contributed by atoms with Crippen molar-refractivity contribution in [1.29, 1.82) is 0 Å². The molecule has 4 aromatic rings. The fourth-order valence-corrected chi connectivity index (χ4v) is 4.25. The molecule has 0 N–H and O–H groups in total. The maximum absolute atomic E-state index is 13.5. The first-order chi connectivity index (χ1) is 15.2. The number of benzene rings is 2. The van der Waals surface area contributed by atoms with Gasteiger partial charge in [0.1, 0.15) is 0 Å². The molecule has 0 bridgehead atoms. The molecule has 2 aromatic carbocycles. The van der Waals surface area contributed by atoms with Crippen LogP contribution in [0.5, 0.6) is 0 Å². The Balaban J connectivity index is 1.42. The van der Waals surface area contributed by atoms with E-state index in [2.05, 4.69) is 46.3 Å². The second-order valence-corrected chi connectivity index (χ2v) is 8.11. The highest BCUT2D eigenvalue weighted by atomic mass is 16.2. The Bertz CT molecular complexity index is 1190. The zero-order valence-corrected chi connectivity index (χ0v) is 17.6. The average Bonchev–Trinajstić information content (AvgIpc) is 3.22. The van der Waals surface area contributed by atoms with Crippen molar-refractivity contribution in [2.24, 2.45) is 0 Å². The number of hydrogen-bond donors (Lipinski definition) is 0. The number of amides is 1. The Kier molecular flexibility index (Phi) is 5.22. The maximum atomic E-state index is 13.5. The quantitative estimate of drug-likeness (QED) is 0.515. The molecule has 1 atom stereocenters. The van der Waals surface area contributed by atoms with Crippen LogP contribution in [0.1, 0.15) is 27.5 Å². The number of nitrogens with zero attached hydrogens (tertiary/aromatic N) is 5. The second-order valence-electron chi connectivity index (χ2n) is 8.11. The first kappa shape index (κ1) is 19.5. The molecule has 5 rings (SSSR count). The van der Waals surface area contributed by atoms with Gasteiger partial charge in [0.2, 0.25) is 0 Å². The summed E-state index contributed by atoms with van der Waals surface area (Å²) in [5.41, 5.74) is 3.72.